The number of halogens is 1. The van der Waals surface area contributed by atoms with Gasteiger partial charge in [-0.2, -0.15) is 5.10 Å². The third kappa shape index (κ3) is 3.69. The molecule has 0 bridgehead atoms. The van der Waals surface area contributed by atoms with Crippen molar-refractivity contribution in [1.82, 2.24) is 9.78 Å². The van der Waals surface area contributed by atoms with Gasteiger partial charge in [-0.05, 0) is 35.9 Å². The molecule has 1 aromatic heterocycles. The number of hydrogen-bond donors (Lipinski definition) is 2. The van der Waals surface area contributed by atoms with E-state index in [1.807, 2.05) is 24.3 Å². The zero-order valence-electron chi connectivity index (χ0n) is 16.3. The first-order chi connectivity index (χ1) is 14.5. The molecule has 2 heterocycles. The van der Waals surface area contributed by atoms with Gasteiger partial charge in [-0.25, -0.2) is 4.68 Å². The lowest BCUT2D eigenvalue weighted by atomic mass is 10.1. The highest BCUT2D eigenvalue weighted by atomic mass is 35.5. The van der Waals surface area contributed by atoms with E-state index < -0.39 is 11.9 Å². The summed E-state index contributed by atoms with van der Waals surface area (Å²) in [5.41, 5.74) is 1.98. The second-order valence-corrected chi connectivity index (χ2v) is 7.12. The molecule has 3 aromatic rings. The van der Waals surface area contributed by atoms with Crippen LogP contribution in [0.15, 0.2) is 48.7 Å². The van der Waals surface area contributed by atoms with Crippen molar-refractivity contribution >= 4 is 34.9 Å². The van der Waals surface area contributed by atoms with Crippen LogP contribution in [0.3, 0.4) is 0 Å². The van der Waals surface area contributed by atoms with Crippen LogP contribution in [0.4, 0.5) is 11.5 Å². The number of ether oxygens (including phenoxy) is 2. The van der Waals surface area contributed by atoms with Crippen LogP contribution in [0.1, 0.15) is 12.5 Å². The Balaban J connectivity index is 1.65. The van der Waals surface area contributed by atoms with Crippen LogP contribution >= 0.6 is 11.6 Å². The summed E-state index contributed by atoms with van der Waals surface area (Å²) in [6.07, 6.45) is 1.59. The average molecular weight is 427 g/mol. The van der Waals surface area contributed by atoms with Gasteiger partial charge in [0.15, 0.2) is 0 Å². The second kappa shape index (κ2) is 8.08. The summed E-state index contributed by atoms with van der Waals surface area (Å²) in [4.78, 5) is 25.4. The zero-order chi connectivity index (χ0) is 21.3. The number of carbonyl (C=O) groups excluding carboxylic acids is 2. The van der Waals surface area contributed by atoms with Crippen molar-refractivity contribution in [2.75, 3.05) is 24.9 Å². The Morgan fingerprint density at radius 2 is 1.97 bits per heavy atom. The molecule has 0 saturated heterocycles. The number of hydrogen-bond acceptors (Lipinski definition) is 5. The molecule has 0 aliphatic carbocycles. The van der Waals surface area contributed by atoms with Crippen LogP contribution in [0, 0.1) is 0 Å². The number of fused-ring (bicyclic) bond motifs is 1. The predicted octanol–water partition coefficient (Wildman–Crippen LogP) is 3.74. The molecule has 1 aliphatic rings. The lowest BCUT2D eigenvalue weighted by Gasteiger charge is -2.25. The van der Waals surface area contributed by atoms with E-state index in [4.69, 9.17) is 21.1 Å². The van der Waals surface area contributed by atoms with Crippen molar-refractivity contribution in [2.24, 2.45) is 0 Å². The van der Waals surface area contributed by atoms with Crippen molar-refractivity contribution in [1.29, 1.82) is 0 Å². The van der Waals surface area contributed by atoms with Gasteiger partial charge < -0.3 is 20.1 Å². The van der Waals surface area contributed by atoms with E-state index in [9.17, 15) is 9.59 Å². The number of methoxy groups -OCH3 is 2. The van der Waals surface area contributed by atoms with Gasteiger partial charge in [-0.15, -0.1) is 0 Å². The molecule has 154 valence electrons. The van der Waals surface area contributed by atoms with E-state index in [1.54, 1.807) is 31.5 Å². The third-order valence-electron chi connectivity index (χ3n) is 4.85. The van der Waals surface area contributed by atoms with Gasteiger partial charge >= 0.3 is 0 Å². The Labute approximate surface area is 177 Å². The summed E-state index contributed by atoms with van der Waals surface area (Å²) in [6.45, 7) is 0. The highest BCUT2D eigenvalue weighted by molar-refractivity contribution is 6.31. The molecule has 0 fully saturated rings. The number of carbonyl (C=O) groups is 2. The fourth-order valence-corrected chi connectivity index (χ4v) is 3.52. The standard InChI is InChI=1S/C21H19ClN4O4/c1-29-14-6-3-12(4-7-14)15-11-23-26-17(10-19(27)25-20(15)26)21(28)24-16-9-13(22)5-8-18(16)30-2/h3-9,11,17H,10H2,1-2H3,(H,24,28)(H,25,27). The van der Waals surface area contributed by atoms with Crippen LogP contribution in [-0.2, 0) is 9.59 Å². The van der Waals surface area contributed by atoms with Gasteiger partial charge in [0.2, 0.25) is 11.8 Å². The first-order valence-electron chi connectivity index (χ1n) is 9.16. The van der Waals surface area contributed by atoms with Crippen molar-refractivity contribution in [3.05, 3.63) is 53.7 Å². The van der Waals surface area contributed by atoms with Crippen LogP contribution in [0.5, 0.6) is 11.5 Å². The summed E-state index contributed by atoms with van der Waals surface area (Å²) in [5.74, 6) is 0.991. The predicted molar refractivity (Wildman–Crippen MR) is 113 cm³/mol. The molecule has 1 aliphatic heterocycles. The lowest BCUT2D eigenvalue weighted by molar-refractivity contribution is -0.125. The van der Waals surface area contributed by atoms with Gasteiger partial charge in [0.1, 0.15) is 23.4 Å². The van der Waals surface area contributed by atoms with Gasteiger partial charge in [0.25, 0.3) is 0 Å². The molecule has 2 aromatic carbocycles. The number of amides is 2. The fourth-order valence-electron chi connectivity index (χ4n) is 3.35. The molecule has 30 heavy (non-hydrogen) atoms. The first-order valence-corrected chi connectivity index (χ1v) is 9.54. The van der Waals surface area contributed by atoms with Crippen molar-refractivity contribution < 1.29 is 19.1 Å². The van der Waals surface area contributed by atoms with E-state index in [-0.39, 0.29) is 12.3 Å². The van der Waals surface area contributed by atoms with Gasteiger partial charge in [-0.3, -0.25) is 9.59 Å². The number of benzene rings is 2. The van der Waals surface area contributed by atoms with Crippen molar-refractivity contribution in [2.45, 2.75) is 12.5 Å². The zero-order valence-corrected chi connectivity index (χ0v) is 17.1. The summed E-state index contributed by atoms with van der Waals surface area (Å²) in [7, 11) is 3.09. The highest BCUT2D eigenvalue weighted by Gasteiger charge is 2.33. The summed E-state index contributed by atoms with van der Waals surface area (Å²) in [6, 6.07) is 11.5. The SMILES string of the molecule is COc1ccc(-c2cnn3c2NC(=O)CC3C(=O)Nc2cc(Cl)ccc2OC)cc1. The van der Waals surface area contributed by atoms with Crippen molar-refractivity contribution in [3.8, 4) is 22.6 Å². The monoisotopic (exact) mass is 426 g/mol. The molecule has 1 unspecified atom stereocenters. The van der Waals surface area contributed by atoms with E-state index in [2.05, 4.69) is 15.7 Å². The van der Waals surface area contributed by atoms with E-state index in [1.165, 1.54) is 11.8 Å². The average Bonchev–Trinajstić information content (AvgIpc) is 3.17. The maximum Gasteiger partial charge on any atom is 0.249 e. The lowest BCUT2D eigenvalue weighted by Crippen LogP contribution is -2.35. The Kier molecular flexibility index (Phi) is 5.33. The number of nitrogens with zero attached hydrogens (tertiary/aromatic N) is 2. The maximum atomic E-state index is 13.0. The normalized spacial score (nSPS) is 15.2. The summed E-state index contributed by atoms with van der Waals surface area (Å²) >= 11 is 6.04. The Bertz CT molecular complexity index is 1110. The maximum absolute atomic E-state index is 13.0. The Hall–Kier alpha value is -3.52. The Morgan fingerprint density at radius 1 is 1.20 bits per heavy atom. The summed E-state index contributed by atoms with van der Waals surface area (Å²) in [5, 5.41) is 10.4. The number of nitrogens with one attached hydrogen (secondary N) is 2. The van der Waals surface area contributed by atoms with Crippen LogP contribution in [0.25, 0.3) is 11.1 Å². The minimum atomic E-state index is -0.815. The molecule has 0 saturated carbocycles. The first kappa shape index (κ1) is 19.8. The van der Waals surface area contributed by atoms with Gasteiger partial charge in [-0.1, -0.05) is 23.7 Å². The highest BCUT2D eigenvalue weighted by Crippen LogP contribution is 2.36. The Morgan fingerprint density at radius 3 is 2.67 bits per heavy atom. The van der Waals surface area contributed by atoms with Crippen LogP contribution in [-0.4, -0.2) is 35.8 Å². The van der Waals surface area contributed by atoms with E-state index in [0.717, 1.165) is 11.3 Å². The fraction of sp³-hybridized carbons (Fsp3) is 0.190. The number of anilines is 2. The van der Waals surface area contributed by atoms with Crippen LogP contribution in [0.2, 0.25) is 5.02 Å². The smallest absolute Gasteiger partial charge is 0.249 e. The third-order valence-corrected chi connectivity index (χ3v) is 5.09. The van der Waals surface area contributed by atoms with E-state index in [0.29, 0.717) is 27.8 Å². The molecule has 2 amide bonds. The molecule has 0 spiro atoms. The molecular formula is C21H19ClN4O4. The van der Waals surface area contributed by atoms with Gasteiger partial charge in [0.05, 0.1) is 32.5 Å². The molecular weight excluding hydrogens is 408 g/mol. The number of rotatable bonds is 5. The quantitative estimate of drug-likeness (QED) is 0.648. The molecule has 0 radical (unpaired) electrons. The van der Waals surface area contributed by atoms with Gasteiger partial charge in [0, 0.05) is 10.6 Å². The van der Waals surface area contributed by atoms with Crippen LogP contribution < -0.4 is 20.1 Å². The van der Waals surface area contributed by atoms with E-state index >= 15 is 0 Å². The molecule has 1 atom stereocenters. The topological polar surface area (TPSA) is 94.5 Å². The molecule has 9 heteroatoms. The minimum Gasteiger partial charge on any atom is -0.497 e. The molecule has 2 N–H and O–H groups in total. The molecule has 8 nitrogen and oxygen atoms in total. The van der Waals surface area contributed by atoms with Crippen molar-refractivity contribution in [3.63, 3.8) is 0 Å². The number of aromatic nitrogens is 2. The largest absolute Gasteiger partial charge is 0.497 e. The minimum absolute atomic E-state index is 0.0363. The second-order valence-electron chi connectivity index (χ2n) is 6.68. The molecule has 4 rings (SSSR count). The summed E-state index contributed by atoms with van der Waals surface area (Å²) < 4.78 is 12.0.